The first-order valence-corrected chi connectivity index (χ1v) is 5.15. The monoisotopic (exact) mass is 229 g/mol. The summed E-state index contributed by atoms with van der Waals surface area (Å²) in [6, 6.07) is 4.88. The second-order valence-corrected chi connectivity index (χ2v) is 3.87. The average Bonchev–Trinajstić information content (AvgIpc) is 2.28. The number of hydrogen-bond donors (Lipinski definition) is 2. The van der Waals surface area contributed by atoms with Crippen LogP contribution in [0.25, 0.3) is 0 Å². The molecular weight excluding hydrogens is 217 g/mol. The lowest BCUT2D eigenvalue weighted by Crippen LogP contribution is -2.24. The van der Waals surface area contributed by atoms with E-state index in [1.54, 1.807) is 25.4 Å². The zero-order chi connectivity index (χ0) is 12.4. The molecule has 0 spiro atoms. The van der Waals surface area contributed by atoms with Gasteiger partial charge in [-0.1, -0.05) is 5.46 Å². The van der Waals surface area contributed by atoms with Crippen LogP contribution >= 0.6 is 0 Å². The molecule has 0 aliphatic rings. The second-order valence-electron chi connectivity index (χ2n) is 3.87. The molecule has 0 saturated carbocycles. The number of hydrogen-bond acceptors (Lipinski definition) is 4. The highest BCUT2D eigenvalue weighted by Gasteiger charge is 2.03. The Morgan fingerprint density at radius 2 is 2.24 bits per heavy atom. The van der Waals surface area contributed by atoms with E-state index < -0.39 is 0 Å². The molecule has 0 aliphatic heterocycles. The number of nitrogens with one attached hydrogen (secondary N) is 1. The molecule has 17 heavy (non-hydrogen) atoms. The lowest BCUT2D eigenvalue weighted by atomic mass is 9.98. The Balaban J connectivity index is 2.36. The molecule has 0 unspecified atom stereocenters. The van der Waals surface area contributed by atoms with Crippen molar-refractivity contribution in [3.63, 3.8) is 0 Å². The normalized spacial score (nSPS) is 10.2. The lowest BCUT2D eigenvalue weighted by Gasteiger charge is -2.08. The molecule has 2 rings (SSSR count). The summed E-state index contributed by atoms with van der Waals surface area (Å²) < 4.78 is 1.51. The predicted octanol–water partition coefficient (Wildman–Crippen LogP) is -0.512. The smallest absolute Gasteiger partial charge is 0.273 e. The van der Waals surface area contributed by atoms with E-state index in [-0.39, 0.29) is 11.3 Å². The molecule has 0 saturated heterocycles. The number of aromatic hydroxyl groups is 1. The molecule has 0 fully saturated rings. The van der Waals surface area contributed by atoms with Gasteiger partial charge in [0.1, 0.15) is 25.1 Å². The third kappa shape index (κ3) is 2.47. The summed E-state index contributed by atoms with van der Waals surface area (Å²) in [7, 11) is 3.61. The first kappa shape index (κ1) is 11.3. The van der Waals surface area contributed by atoms with Gasteiger partial charge in [-0.3, -0.25) is 4.79 Å². The molecule has 0 atom stereocenters. The Hall–Kier alpha value is -2.24. The van der Waals surface area contributed by atoms with Gasteiger partial charge in [0.15, 0.2) is 0 Å². The zero-order valence-corrected chi connectivity index (χ0v) is 9.64. The molecule has 6 heteroatoms. The van der Waals surface area contributed by atoms with Crippen molar-refractivity contribution in [1.29, 1.82) is 0 Å². The van der Waals surface area contributed by atoms with Gasteiger partial charge in [0.25, 0.3) is 5.56 Å². The summed E-state index contributed by atoms with van der Waals surface area (Å²) >= 11 is 0. The minimum atomic E-state index is -0.120. The van der Waals surface area contributed by atoms with Gasteiger partial charge < -0.3 is 15.0 Å². The highest BCUT2D eigenvalue weighted by molar-refractivity contribution is 6.32. The van der Waals surface area contributed by atoms with Gasteiger partial charge >= 0.3 is 0 Å². The van der Waals surface area contributed by atoms with Crippen LogP contribution < -0.4 is 16.3 Å². The molecule has 2 aromatic rings. The van der Waals surface area contributed by atoms with Crippen LogP contribution in [0, 0.1) is 0 Å². The third-order valence-electron chi connectivity index (χ3n) is 2.33. The molecule has 2 N–H and O–H groups in total. The molecule has 0 amide bonds. The maximum atomic E-state index is 11.8. The van der Waals surface area contributed by atoms with Crippen molar-refractivity contribution < 1.29 is 5.11 Å². The van der Waals surface area contributed by atoms with Gasteiger partial charge in [-0.25, -0.2) is 4.98 Å². The van der Waals surface area contributed by atoms with E-state index in [0.29, 0.717) is 11.5 Å². The van der Waals surface area contributed by atoms with Gasteiger partial charge in [-0.2, -0.15) is 0 Å². The predicted molar refractivity (Wildman–Crippen MR) is 69.0 cm³/mol. The van der Waals surface area contributed by atoms with Crippen LogP contribution in [0.3, 0.4) is 0 Å². The summed E-state index contributed by atoms with van der Waals surface area (Å²) in [5.74, 6) is 0.609. The summed E-state index contributed by atoms with van der Waals surface area (Å²) in [4.78, 5) is 15.8. The van der Waals surface area contributed by atoms with Gasteiger partial charge in [0.2, 0.25) is 0 Å². The summed E-state index contributed by atoms with van der Waals surface area (Å²) in [6.45, 7) is 0. The Morgan fingerprint density at radius 3 is 2.88 bits per heavy atom. The Bertz CT molecular complexity index is 593. The first-order valence-electron chi connectivity index (χ1n) is 5.15. The van der Waals surface area contributed by atoms with Gasteiger partial charge in [-0.05, 0) is 18.2 Å². The van der Waals surface area contributed by atoms with Gasteiger partial charge in [-0.15, -0.1) is 0 Å². The minimum absolute atomic E-state index is 0.0905. The molecule has 5 nitrogen and oxygen atoms in total. The Morgan fingerprint density at radius 1 is 1.47 bits per heavy atom. The number of pyridine rings is 2. The summed E-state index contributed by atoms with van der Waals surface area (Å²) in [6.07, 6.45) is 3.08. The number of rotatable bonds is 2. The first-order chi connectivity index (χ1) is 8.06. The summed E-state index contributed by atoms with van der Waals surface area (Å²) in [5, 5.41) is 12.0. The van der Waals surface area contributed by atoms with Gasteiger partial charge in [0, 0.05) is 13.2 Å². The van der Waals surface area contributed by atoms with Crippen LogP contribution in [0.1, 0.15) is 0 Å². The lowest BCUT2D eigenvalue weighted by molar-refractivity contribution is 0.473. The fraction of sp³-hybridized carbons (Fsp3) is 0.0909. The second kappa shape index (κ2) is 4.33. The maximum Gasteiger partial charge on any atom is 0.273 e. The summed E-state index contributed by atoms with van der Waals surface area (Å²) in [5.41, 5.74) is 1.32. The molecule has 2 heterocycles. The largest absolute Gasteiger partial charge is 0.506 e. The highest BCUT2D eigenvalue weighted by atomic mass is 16.3. The van der Waals surface area contributed by atoms with E-state index in [4.69, 9.17) is 5.11 Å². The standard InChI is InChI=1S/C11H12BN3O2/c1-15-6-7(12)4-9(11(15)17)14-10-3-2-8(16)5-13-10/h2-6,16H,12H2,1H3,(H,13,14). The SMILES string of the molecule is Bc1cc(Nc2ccc(O)cn2)c(=O)n(C)c1. The van der Waals surface area contributed by atoms with Crippen molar-refractivity contribution in [1.82, 2.24) is 9.55 Å². The van der Waals surface area contributed by atoms with Crippen molar-refractivity contribution in [3.05, 3.63) is 40.9 Å². The molecular formula is C11H12BN3O2. The number of anilines is 2. The van der Waals surface area contributed by atoms with Crippen molar-refractivity contribution in [2.24, 2.45) is 7.05 Å². The van der Waals surface area contributed by atoms with Crippen LogP contribution in [0.2, 0.25) is 0 Å². The fourth-order valence-corrected chi connectivity index (χ4v) is 1.57. The van der Waals surface area contributed by atoms with Crippen molar-refractivity contribution in [3.8, 4) is 5.75 Å². The maximum absolute atomic E-state index is 11.8. The number of aryl methyl sites for hydroxylation is 1. The van der Waals surface area contributed by atoms with E-state index in [2.05, 4.69) is 10.3 Å². The number of nitrogens with zero attached hydrogens (tertiary/aromatic N) is 2. The molecule has 86 valence electrons. The molecule has 0 aliphatic carbocycles. The van der Waals surface area contributed by atoms with Crippen molar-refractivity contribution in [2.45, 2.75) is 0 Å². The molecule has 0 aromatic carbocycles. The van der Waals surface area contributed by atoms with Crippen LogP contribution in [0.5, 0.6) is 5.75 Å². The third-order valence-corrected chi connectivity index (χ3v) is 2.33. The quantitative estimate of drug-likeness (QED) is 0.680. The van der Waals surface area contributed by atoms with E-state index >= 15 is 0 Å². The van der Waals surface area contributed by atoms with E-state index in [0.717, 1.165) is 5.46 Å². The molecule has 0 bridgehead atoms. The minimum Gasteiger partial charge on any atom is -0.506 e. The highest BCUT2D eigenvalue weighted by Crippen LogP contribution is 2.12. The van der Waals surface area contributed by atoms with E-state index in [1.165, 1.54) is 16.8 Å². The van der Waals surface area contributed by atoms with Gasteiger partial charge in [0.05, 0.1) is 6.20 Å². The Kier molecular flexibility index (Phi) is 2.87. The average molecular weight is 229 g/mol. The van der Waals surface area contributed by atoms with Crippen LogP contribution in [-0.2, 0) is 7.05 Å². The van der Waals surface area contributed by atoms with Crippen LogP contribution in [0.4, 0.5) is 11.5 Å². The van der Waals surface area contributed by atoms with E-state index in [1.807, 2.05) is 7.85 Å². The van der Waals surface area contributed by atoms with E-state index in [9.17, 15) is 4.79 Å². The van der Waals surface area contributed by atoms with Crippen LogP contribution in [0.15, 0.2) is 35.4 Å². The number of aromatic nitrogens is 2. The van der Waals surface area contributed by atoms with Crippen molar-refractivity contribution >= 4 is 24.8 Å². The topological polar surface area (TPSA) is 67.2 Å². The molecule has 0 radical (unpaired) electrons. The van der Waals surface area contributed by atoms with Crippen molar-refractivity contribution in [2.75, 3.05) is 5.32 Å². The molecule has 2 aromatic heterocycles. The zero-order valence-electron chi connectivity index (χ0n) is 9.64. The fourth-order valence-electron chi connectivity index (χ4n) is 1.57. The van der Waals surface area contributed by atoms with Crippen LogP contribution in [-0.4, -0.2) is 22.5 Å². The Labute approximate surface area is 99.2 Å².